The van der Waals surface area contributed by atoms with Gasteiger partial charge < -0.3 is 14.7 Å². The maximum Gasteiger partial charge on any atom is 0.219 e. The zero-order valence-electron chi connectivity index (χ0n) is 11.6. The highest BCUT2D eigenvalue weighted by Crippen LogP contribution is 2.32. The summed E-state index contributed by atoms with van der Waals surface area (Å²) >= 11 is 0. The van der Waals surface area contributed by atoms with E-state index < -0.39 is 0 Å². The molecule has 0 saturated carbocycles. The van der Waals surface area contributed by atoms with Gasteiger partial charge >= 0.3 is 0 Å². The van der Waals surface area contributed by atoms with E-state index in [0.29, 0.717) is 13.2 Å². The molecule has 0 aromatic heterocycles. The van der Waals surface area contributed by atoms with Crippen molar-refractivity contribution in [3.63, 3.8) is 0 Å². The van der Waals surface area contributed by atoms with Crippen LogP contribution in [0.1, 0.15) is 20.8 Å². The molecule has 5 heteroatoms. The lowest BCUT2D eigenvalue weighted by Crippen LogP contribution is -2.64. The van der Waals surface area contributed by atoms with Gasteiger partial charge in [0.2, 0.25) is 5.91 Å². The number of aliphatic hydroxyl groups is 1. The van der Waals surface area contributed by atoms with Gasteiger partial charge in [0, 0.05) is 38.6 Å². The Morgan fingerprint density at radius 3 is 2.39 bits per heavy atom. The van der Waals surface area contributed by atoms with E-state index in [0.717, 1.165) is 26.2 Å². The quantitative estimate of drug-likeness (QED) is 0.768. The van der Waals surface area contributed by atoms with Gasteiger partial charge in [-0.15, -0.1) is 0 Å². The molecule has 2 aliphatic rings. The summed E-state index contributed by atoms with van der Waals surface area (Å²) in [6, 6.07) is 0. The average Bonchev–Trinajstić information content (AvgIpc) is 2.24. The number of carbonyl (C=O) groups excluding carboxylic acids is 1. The molecule has 0 radical (unpaired) electrons. The van der Waals surface area contributed by atoms with Crippen LogP contribution in [0.15, 0.2) is 0 Å². The molecule has 2 rings (SSSR count). The first kappa shape index (κ1) is 13.8. The second-order valence-corrected chi connectivity index (χ2v) is 6.33. The van der Waals surface area contributed by atoms with Crippen molar-refractivity contribution in [2.45, 2.75) is 26.3 Å². The van der Waals surface area contributed by atoms with Gasteiger partial charge in [0.25, 0.3) is 0 Å². The summed E-state index contributed by atoms with van der Waals surface area (Å²) in [4.78, 5) is 15.7. The van der Waals surface area contributed by atoms with Crippen molar-refractivity contribution in [1.82, 2.24) is 9.80 Å². The number of hydrogen-bond acceptors (Lipinski definition) is 4. The van der Waals surface area contributed by atoms with Gasteiger partial charge in [-0.1, -0.05) is 0 Å². The highest BCUT2D eigenvalue weighted by molar-refractivity contribution is 5.73. The lowest BCUT2D eigenvalue weighted by atomic mass is 9.84. The van der Waals surface area contributed by atoms with Crippen molar-refractivity contribution in [3.05, 3.63) is 0 Å². The molecular formula is C13H24N2O3. The van der Waals surface area contributed by atoms with Crippen molar-refractivity contribution in [2.75, 3.05) is 46.0 Å². The zero-order chi connectivity index (χ0) is 13.4. The molecule has 0 spiro atoms. The third-order valence-electron chi connectivity index (χ3n) is 4.20. The third kappa shape index (κ3) is 2.53. The molecule has 0 bridgehead atoms. The molecule has 104 valence electrons. The second-order valence-electron chi connectivity index (χ2n) is 6.33. The molecule has 2 saturated heterocycles. The van der Waals surface area contributed by atoms with Crippen molar-refractivity contribution in [3.8, 4) is 0 Å². The van der Waals surface area contributed by atoms with E-state index >= 15 is 0 Å². The van der Waals surface area contributed by atoms with Crippen LogP contribution in [0, 0.1) is 5.41 Å². The molecule has 0 unspecified atom stereocenters. The minimum atomic E-state index is -0.0876. The number of hydrogen-bond donors (Lipinski definition) is 1. The summed E-state index contributed by atoms with van der Waals surface area (Å²) in [5.74, 6) is 0.145. The van der Waals surface area contributed by atoms with Crippen molar-refractivity contribution < 1.29 is 14.6 Å². The summed E-state index contributed by atoms with van der Waals surface area (Å²) in [6.45, 7) is 10.7. The van der Waals surface area contributed by atoms with Crippen LogP contribution in [0.5, 0.6) is 0 Å². The molecular weight excluding hydrogens is 232 g/mol. The predicted octanol–water partition coefficient (Wildman–Crippen LogP) is -0.0620. The monoisotopic (exact) mass is 256 g/mol. The first-order valence-corrected chi connectivity index (χ1v) is 6.58. The van der Waals surface area contributed by atoms with Crippen molar-refractivity contribution >= 4 is 5.91 Å². The number of piperazine rings is 1. The molecule has 0 aromatic rings. The smallest absolute Gasteiger partial charge is 0.219 e. The van der Waals surface area contributed by atoms with Gasteiger partial charge in [-0.05, 0) is 13.8 Å². The Morgan fingerprint density at radius 1 is 1.33 bits per heavy atom. The number of ether oxygens (including phenoxy) is 1. The minimum Gasteiger partial charge on any atom is -0.396 e. The van der Waals surface area contributed by atoms with Gasteiger partial charge in [-0.3, -0.25) is 9.69 Å². The highest BCUT2D eigenvalue weighted by atomic mass is 16.5. The normalized spacial score (nSPS) is 26.8. The lowest BCUT2D eigenvalue weighted by Gasteiger charge is -2.52. The van der Waals surface area contributed by atoms with Crippen molar-refractivity contribution in [2.24, 2.45) is 5.41 Å². The fourth-order valence-corrected chi connectivity index (χ4v) is 2.78. The van der Waals surface area contributed by atoms with E-state index in [9.17, 15) is 9.90 Å². The van der Waals surface area contributed by atoms with Crippen LogP contribution in [0.2, 0.25) is 0 Å². The molecule has 1 N–H and O–H groups in total. The number of carbonyl (C=O) groups is 1. The Bertz CT molecular complexity index is 321. The summed E-state index contributed by atoms with van der Waals surface area (Å²) in [5.41, 5.74) is -0.128. The van der Waals surface area contributed by atoms with Gasteiger partial charge in [-0.25, -0.2) is 0 Å². The fraction of sp³-hybridized carbons (Fsp3) is 0.923. The molecule has 2 heterocycles. The molecule has 0 aromatic carbocycles. The molecule has 2 aliphatic heterocycles. The van der Waals surface area contributed by atoms with E-state index in [2.05, 4.69) is 18.7 Å². The van der Waals surface area contributed by atoms with E-state index in [1.54, 1.807) is 6.92 Å². The van der Waals surface area contributed by atoms with Gasteiger partial charge in [0.15, 0.2) is 0 Å². The van der Waals surface area contributed by atoms with Gasteiger partial charge in [-0.2, -0.15) is 0 Å². The Hall–Kier alpha value is -0.650. The second kappa shape index (κ2) is 4.79. The highest BCUT2D eigenvalue weighted by Gasteiger charge is 2.44. The van der Waals surface area contributed by atoms with Crippen LogP contribution in [-0.2, 0) is 9.53 Å². The predicted molar refractivity (Wildman–Crippen MR) is 68.2 cm³/mol. The maximum atomic E-state index is 11.4. The molecule has 2 fully saturated rings. The van der Waals surface area contributed by atoms with Gasteiger partial charge in [0.1, 0.15) is 0 Å². The Kier molecular flexibility index (Phi) is 3.67. The lowest BCUT2D eigenvalue weighted by molar-refractivity contribution is -0.164. The van der Waals surface area contributed by atoms with E-state index in [-0.39, 0.29) is 23.5 Å². The van der Waals surface area contributed by atoms with Crippen LogP contribution in [0.4, 0.5) is 0 Å². The first-order chi connectivity index (χ1) is 8.38. The number of aliphatic hydroxyl groups excluding tert-OH is 1. The summed E-state index contributed by atoms with van der Waals surface area (Å²) in [5, 5.41) is 9.51. The molecule has 18 heavy (non-hydrogen) atoms. The fourth-order valence-electron chi connectivity index (χ4n) is 2.78. The van der Waals surface area contributed by atoms with Gasteiger partial charge in [0.05, 0.1) is 25.2 Å². The maximum absolute atomic E-state index is 11.4. The first-order valence-electron chi connectivity index (χ1n) is 6.58. The number of rotatable bonds is 3. The van der Waals surface area contributed by atoms with Crippen LogP contribution in [-0.4, -0.2) is 72.4 Å². The Labute approximate surface area is 109 Å². The van der Waals surface area contributed by atoms with E-state index in [1.165, 1.54) is 0 Å². The number of nitrogens with zero attached hydrogens (tertiary/aromatic N) is 2. The Morgan fingerprint density at radius 2 is 2.00 bits per heavy atom. The zero-order valence-corrected chi connectivity index (χ0v) is 11.6. The summed E-state index contributed by atoms with van der Waals surface area (Å²) in [6.07, 6.45) is 0. The van der Waals surface area contributed by atoms with Crippen molar-refractivity contribution in [1.29, 1.82) is 0 Å². The Balaban J connectivity index is 2.00. The standard InChI is InChI=1S/C13H24N2O3/c1-11(17)14-4-5-15(12(2,3)6-14)7-13(8-16)9-18-10-13/h16H,4-10H2,1-3H3. The topological polar surface area (TPSA) is 53.0 Å². The van der Waals surface area contributed by atoms with Crippen LogP contribution < -0.4 is 0 Å². The van der Waals surface area contributed by atoms with E-state index in [4.69, 9.17) is 4.74 Å². The summed E-state index contributed by atoms with van der Waals surface area (Å²) in [7, 11) is 0. The number of amides is 1. The van der Waals surface area contributed by atoms with Crippen LogP contribution in [0.25, 0.3) is 0 Å². The third-order valence-corrected chi connectivity index (χ3v) is 4.20. The molecule has 0 atom stereocenters. The van der Waals surface area contributed by atoms with E-state index in [1.807, 2.05) is 4.90 Å². The molecule has 5 nitrogen and oxygen atoms in total. The van der Waals surface area contributed by atoms with Crippen LogP contribution in [0.3, 0.4) is 0 Å². The minimum absolute atomic E-state index is 0.0400. The molecule has 0 aliphatic carbocycles. The SMILES string of the molecule is CC(=O)N1CCN(CC2(CO)COC2)C(C)(C)C1. The average molecular weight is 256 g/mol. The molecule has 1 amide bonds. The van der Waals surface area contributed by atoms with Crippen LogP contribution >= 0.6 is 0 Å². The largest absolute Gasteiger partial charge is 0.396 e. The summed E-state index contributed by atoms with van der Waals surface area (Å²) < 4.78 is 5.25.